The Morgan fingerprint density at radius 2 is 1.44 bits per heavy atom. The highest BCUT2D eigenvalue weighted by atomic mass is 16.5. The fourth-order valence-electron chi connectivity index (χ4n) is 1.73. The molecule has 0 saturated carbocycles. The molecule has 1 unspecified atom stereocenters. The first kappa shape index (κ1) is 15.9. The predicted octanol–water partition coefficient (Wildman–Crippen LogP) is 3.91. The number of aliphatic hydroxyl groups excluding tert-OH is 1. The molecule has 0 fully saturated rings. The highest BCUT2D eigenvalue weighted by Crippen LogP contribution is 2.05. The van der Waals surface area contributed by atoms with Gasteiger partial charge >= 0.3 is 0 Å². The fourth-order valence-corrected chi connectivity index (χ4v) is 1.73. The molecule has 0 aliphatic carbocycles. The monoisotopic (exact) mass is 230 g/mol. The summed E-state index contributed by atoms with van der Waals surface area (Å²) in [5, 5.41) is 9.06. The summed E-state index contributed by atoms with van der Waals surface area (Å²) in [6.45, 7) is 5.87. The van der Waals surface area contributed by atoms with Crippen LogP contribution in [0.25, 0.3) is 0 Å². The highest BCUT2D eigenvalue weighted by molar-refractivity contribution is 4.48. The average molecular weight is 230 g/mol. The van der Waals surface area contributed by atoms with Gasteiger partial charge in [0.15, 0.2) is 0 Å². The van der Waals surface area contributed by atoms with Gasteiger partial charge in [-0.25, -0.2) is 0 Å². The van der Waals surface area contributed by atoms with Gasteiger partial charge in [-0.2, -0.15) is 0 Å². The molecule has 0 radical (unpaired) electrons. The van der Waals surface area contributed by atoms with Crippen molar-refractivity contribution < 1.29 is 9.84 Å². The molecule has 0 rings (SSSR count). The maximum Gasteiger partial charge on any atom is 0.0512 e. The van der Waals surface area contributed by atoms with E-state index < -0.39 is 0 Å². The van der Waals surface area contributed by atoms with Crippen LogP contribution >= 0.6 is 0 Å². The lowest BCUT2D eigenvalue weighted by Gasteiger charge is -2.05. The first-order valence-electron chi connectivity index (χ1n) is 7.03. The maximum absolute atomic E-state index is 9.06. The van der Waals surface area contributed by atoms with Crippen LogP contribution in [0.15, 0.2) is 0 Å². The fraction of sp³-hybridized carbons (Fsp3) is 1.00. The van der Waals surface area contributed by atoms with Gasteiger partial charge in [-0.1, -0.05) is 39.0 Å². The van der Waals surface area contributed by atoms with Crippen LogP contribution in [0.4, 0.5) is 0 Å². The Bertz CT molecular complexity index is 124. The number of aliphatic hydroxyl groups is 1. The topological polar surface area (TPSA) is 29.5 Å². The number of rotatable bonds is 12. The molecule has 0 aromatic carbocycles. The van der Waals surface area contributed by atoms with E-state index in [-0.39, 0.29) is 6.10 Å². The van der Waals surface area contributed by atoms with E-state index in [1.807, 2.05) is 6.92 Å². The molecule has 0 saturated heterocycles. The molecule has 0 heterocycles. The highest BCUT2D eigenvalue weighted by Gasteiger charge is 1.95. The Labute approximate surface area is 101 Å². The van der Waals surface area contributed by atoms with Crippen LogP contribution in [-0.2, 0) is 4.74 Å². The van der Waals surface area contributed by atoms with Crippen molar-refractivity contribution >= 4 is 0 Å². The molecule has 1 N–H and O–H groups in total. The van der Waals surface area contributed by atoms with Crippen LogP contribution in [-0.4, -0.2) is 24.4 Å². The summed E-state index contributed by atoms with van der Waals surface area (Å²) in [5.41, 5.74) is 0. The summed E-state index contributed by atoms with van der Waals surface area (Å²) in [5.74, 6) is 0. The van der Waals surface area contributed by atoms with Crippen LogP contribution in [0.2, 0.25) is 0 Å². The minimum absolute atomic E-state index is 0.154. The lowest BCUT2D eigenvalue weighted by Crippen LogP contribution is -2.01. The Hall–Kier alpha value is -0.0800. The van der Waals surface area contributed by atoms with Crippen molar-refractivity contribution in [2.24, 2.45) is 0 Å². The van der Waals surface area contributed by atoms with Crippen molar-refractivity contribution in [1.82, 2.24) is 0 Å². The van der Waals surface area contributed by atoms with Crippen LogP contribution in [0, 0.1) is 0 Å². The second-order valence-corrected chi connectivity index (χ2v) is 4.72. The largest absolute Gasteiger partial charge is 0.393 e. The molecule has 0 amide bonds. The SMILES string of the molecule is CCCCCCCCOCCCCC(C)O. The first-order chi connectivity index (χ1) is 7.77. The Morgan fingerprint density at radius 1 is 0.875 bits per heavy atom. The van der Waals surface area contributed by atoms with Crippen molar-refractivity contribution in [1.29, 1.82) is 0 Å². The predicted molar refractivity (Wildman–Crippen MR) is 69.7 cm³/mol. The third kappa shape index (κ3) is 13.9. The van der Waals surface area contributed by atoms with E-state index >= 15 is 0 Å². The van der Waals surface area contributed by atoms with Crippen molar-refractivity contribution in [2.45, 2.75) is 77.7 Å². The first-order valence-corrected chi connectivity index (χ1v) is 7.03. The van der Waals surface area contributed by atoms with Gasteiger partial charge < -0.3 is 9.84 Å². The second-order valence-electron chi connectivity index (χ2n) is 4.72. The standard InChI is InChI=1S/C14H30O2/c1-3-4-5-6-7-9-12-16-13-10-8-11-14(2)15/h14-15H,3-13H2,1-2H3. The third-order valence-corrected chi connectivity index (χ3v) is 2.80. The smallest absolute Gasteiger partial charge is 0.0512 e. The molecule has 2 heteroatoms. The van der Waals surface area contributed by atoms with Crippen LogP contribution in [0.1, 0.15) is 71.6 Å². The van der Waals surface area contributed by atoms with Gasteiger partial charge in [0, 0.05) is 13.2 Å². The van der Waals surface area contributed by atoms with E-state index in [0.717, 1.165) is 32.5 Å². The van der Waals surface area contributed by atoms with E-state index in [1.54, 1.807) is 0 Å². The van der Waals surface area contributed by atoms with Gasteiger partial charge in [-0.05, 0) is 32.6 Å². The molecule has 0 aliphatic heterocycles. The van der Waals surface area contributed by atoms with Gasteiger partial charge in [-0.3, -0.25) is 0 Å². The van der Waals surface area contributed by atoms with Crippen molar-refractivity contribution in [3.63, 3.8) is 0 Å². The summed E-state index contributed by atoms with van der Waals surface area (Å²) in [6, 6.07) is 0. The Balaban J connectivity index is 2.88. The number of ether oxygens (including phenoxy) is 1. The minimum Gasteiger partial charge on any atom is -0.393 e. The molecule has 0 bridgehead atoms. The van der Waals surface area contributed by atoms with Gasteiger partial charge in [0.1, 0.15) is 0 Å². The summed E-state index contributed by atoms with van der Waals surface area (Å²) in [6.07, 6.45) is 10.9. The molecule has 1 atom stereocenters. The van der Waals surface area contributed by atoms with E-state index in [2.05, 4.69) is 6.92 Å². The van der Waals surface area contributed by atoms with Crippen LogP contribution in [0.3, 0.4) is 0 Å². The van der Waals surface area contributed by atoms with Gasteiger partial charge in [0.25, 0.3) is 0 Å². The zero-order valence-electron chi connectivity index (χ0n) is 11.2. The van der Waals surface area contributed by atoms with E-state index in [0.29, 0.717) is 0 Å². The second kappa shape index (κ2) is 13.0. The summed E-state index contributed by atoms with van der Waals surface area (Å²) in [4.78, 5) is 0. The molecule has 0 aromatic heterocycles. The van der Waals surface area contributed by atoms with Gasteiger partial charge in [-0.15, -0.1) is 0 Å². The Kier molecular flexibility index (Phi) is 12.9. The summed E-state index contributed by atoms with van der Waals surface area (Å²) in [7, 11) is 0. The molecular weight excluding hydrogens is 200 g/mol. The third-order valence-electron chi connectivity index (χ3n) is 2.80. The van der Waals surface area contributed by atoms with E-state index in [1.165, 1.54) is 38.5 Å². The van der Waals surface area contributed by atoms with Gasteiger partial charge in [0.2, 0.25) is 0 Å². The Morgan fingerprint density at radius 3 is 2.06 bits per heavy atom. The molecule has 0 aromatic rings. The van der Waals surface area contributed by atoms with Crippen molar-refractivity contribution in [2.75, 3.05) is 13.2 Å². The van der Waals surface area contributed by atoms with E-state index in [4.69, 9.17) is 9.84 Å². The normalized spacial score (nSPS) is 12.9. The van der Waals surface area contributed by atoms with Crippen LogP contribution < -0.4 is 0 Å². The number of hydrogen-bond donors (Lipinski definition) is 1. The molecule has 2 nitrogen and oxygen atoms in total. The maximum atomic E-state index is 9.06. The quantitative estimate of drug-likeness (QED) is 0.515. The molecule has 0 spiro atoms. The summed E-state index contributed by atoms with van der Waals surface area (Å²) >= 11 is 0. The molecule has 16 heavy (non-hydrogen) atoms. The zero-order chi connectivity index (χ0) is 12.1. The molecule has 98 valence electrons. The molecule has 0 aliphatic rings. The summed E-state index contributed by atoms with van der Waals surface area (Å²) < 4.78 is 5.54. The minimum atomic E-state index is -0.154. The van der Waals surface area contributed by atoms with Crippen molar-refractivity contribution in [3.05, 3.63) is 0 Å². The zero-order valence-corrected chi connectivity index (χ0v) is 11.2. The average Bonchev–Trinajstić information content (AvgIpc) is 2.25. The number of unbranched alkanes of at least 4 members (excludes halogenated alkanes) is 6. The lowest BCUT2D eigenvalue weighted by molar-refractivity contribution is 0.119. The van der Waals surface area contributed by atoms with Crippen LogP contribution in [0.5, 0.6) is 0 Å². The van der Waals surface area contributed by atoms with Gasteiger partial charge in [0.05, 0.1) is 6.10 Å². The lowest BCUT2D eigenvalue weighted by atomic mass is 10.1. The van der Waals surface area contributed by atoms with Crippen molar-refractivity contribution in [3.8, 4) is 0 Å². The number of hydrogen-bond acceptors (Lipinski definition) is 2. The van der Waals surface area contributed by atoms with E-state index in [9.17, 15) is 0 Å². The molecular formula is C14H30O2.